The molecular formula is C15H18BrN3. The molecule has 0 aliphatic heterocycles. The highest BCUT2D eigenvalue weighted by Gasteiger charge is 2.05. The molecule has 2 aromatic rings. The fraction of sp³-hybridized carbons (Fsp3) is 0.333. The van der Waals surface area contributed by atoms with Gasteiger partial charge in [0.05, 0.1) is 4.47 Å². The number of benzene rings is 1. The van der Waals surface area contributed by atoms with E-state index in [9.17, 15) is 0 Å². The summed E-state index contributed by atoms with van der Waals surface area (Å²) in [7, 11) is 0. The van der Waals surface area contributed by atoms with Crippen molar-refractivity contribution in [2.45, 2.75) is 27.2 Å². The Balaban J connectivity index is 2.22. The fourth-order valence-electron chi connectivity index (χ4n) is 1.88. The van der Waals surface area contributed by atoms with Gasteiger partial charge in [-0.2, -0.15) is 0 Å². The molecule has 0 saturated heterocycles. The number of nitrogens with one attached hydrogen (secondary N) is 1. The van der Waals surface area contributed by atoms with E-state index in [1.807, 2.05) is 0 Å². The van der Waals surface area contributed by atoms with Gasteiger partial charge in [0.2, 0.25) is 0 Å². The minimum atomic E-state index is 0.757. The molecule has 1 aromatic heterocycles. The lowest BCUT2D eigenvalue weighted by Gasteiger charge is -2.08. The molecule has 100 valence electrons. The normalized spacial score (nSPS) is 10.5. The number of halogens is 1. The first-order valence-corrected chi connectivity index (χ1v) is 7.21. The molecule has 0 unspecified atom stereocenters. The topological polar surface area (TPSA) is 37.8 Å². The van der Waals surface area contributed by atoms with Crippen molar-refractivity contribution in [3.63, 3.8) is 0 Å². The van der Waals surface area contributed by atoms with Gasteiger partial charge in [0, 0.05) is 19.2 Å². The summed E-state index contributed by atoms with van der Waals surface area (Å²) >= 11 is 3.45. The summed E-state index contributed by atoms with van der Waals surface area (Å²) in [5, 5.41) is 3.22. The highest BCUT2D eigenvalue weighted by atomic mass is 79.9. The van der Waals surface area contributed by atoms with Gasteiger partial charge in [-0.1, -0.05) is 18.2 Å². The fourth-order valence-corrected chi connectivity index (χ4v) is 2.21. The van der Waals surface area contributed by atoms with Crippen molar-refractivity contribution >= 4 is 21.7 Å². The van der Waals surface area contributed by atoms with E-state index in [2.05, 4.69) is 70.2 Å². The van der Waals surface area contributed by atoms with Crippen molar-refractivity contribution in [3.8, 4) is 0 Å². The zero-order valence-electron chi connectivity index (χ0n) is 11.5. The van der Waals surface area contributed by atoms with Crippen LogP contribution >= 0.6 is 15.9 Å². The second-order valence-corrected chi connectivity index (χ2v) is 5.46. The zero-order chi connectivity index (χ0) is 13.8. The summed E-state index contributed by atoms with van der Waals surface area (Å²) in [6, 6.07) is 6.49. The Morgan fingerprint density at radius 3 is 2.68 bits per heavy atom. The minimum absolute atomic E-state index is 0.757. The Bertz CT molecular complexity index is 582. The molecule has 0 radical (unpaired) electrons. The second-order valence-electron chi connectivity index (χ2n) is 4.61. The lowest BCUT2D eigenvalue weighted by atomic mass is 10.0. The van der Waals surface area contributed by atoms with E-state index in [1.165, 1.54) is 16.7 Å². The van der Waals surface area contributed by atoms with Crippen molar-refractivity contribution in [1.82, 2.24) is 9.97 Å². The second kappa shape index (κ2) is 6.15. The van der Waals surface area contributed by atoms with Crippen LogP contribution < -0.4 is 5.32 Å². The van der Waals surface area contributed by atoms with Gasteiger partial charge in [-0.05, 0) is 53.4 Å². The third-order valence-electron chi connectivity index (χ3n) is 3.07. The van der Waals surface area contributed by atoms with Crippen LogP contribution in [0.3, 0.4) is 0 Å². The van der Waals surface area contributed by atoms with Crippen LogP contribution in [-0.4, -0.2) is 16.5 Å². The molecule has 1 heterocycles. The minimum Gasteiger partial charge on any atom is -0.369 e. The molecule has 0 amide bonds. The van der Waals surface area contributed by atoms with Crippen molar-refractivity contribution in [2.75, 3.05) is 11.9 Å². The van der Waals surface area contributed by atoms with Gasteiger partial charge in [-0.3, -0.25) is 0 Å². The quantitative estimate of drug-likeness (QED) is 0.929. The van der Waals surface area contributed by atoms with Crippen LogP contribution in [0, 0.1) is 13.8 Å². The summed E-state index contributed by atoms with van der Waals surface area (Å²) < 4.78 is 0.901. The molecule has 0 fully saturated rings. The van der Waals surface area contributed by atoms with Crippen molar-refractivity contribution in [1.29, 1.82) is 0 Å². The molecule has 0 atom stereocenters. The van der Waals surface area contributed by atoms with Gasteiger partial charge < -0.3 is 5.32 Å². The molecule has 0 spiro atoms. The van der Waals surface area contributed by atoms with E-state index in [-0.39, 0.29) is 0 Å². The SMILES string of the molecule is CCNc1nc(Cc2ccc(C)c(C)c2)ncc1Br. The van der Waals surface area contributed by atoms with Crippen LogP contribution in [0.25, 0.3) is 0 Å². The molecule has 0 bridgehead atoms. The van der Waals surface area contributed by atoms with Crippen LogP contribution in [0.1, 0.15) is 29.4 Å². The van der Waals surface area contributed by atoms with E-state index in [0.29, 0.717) is 0 Å². The molecule has 3 nitrogen and oxygen atoms in total. The molecule has 0 aliphatic rings. The molecule has 19 heavy (non-hydrogen) atoms. The first-order chi connectivity index (χ1) is 9.10. The van der Waals surface area contributed by atoms with Gasteiger partial charge >= 0.3 is 0 Å². The van der Waals surface area contributed by atoms with Gasteiger partial charge in [-0.25, -0.2) is 9.97 Å². The van der Waals surface area contributed by atoms with Crippen LogP contribution in [-0.2, 0) is 6.42 Å². The predicted molar refractivity (Wildman–Crippen MR) is 82.6 cm³/mol. The molecule has 0 saturated carbocycles. The largest absolute Gasteiger partial charge is 0.369 e. The molecule has 1 aromatic carbocycles. The number of rotatable bonds is 4. The van der Waals surface area contributed by atoms with Crippen molar-refractivity contribution in [3.05, 3.63) is 51.4 Å². The monoisotopic (exact) mass is 319 g/mol. The summed E-state index contributed by atoms with van der Waals surface area (Å²) in [5.74, 6) is 1.69. The van der Waals surface area contributed by atoms with Crippen LogP contribution in [0.5, 0.6) is 0 Å². The van der Waals surface area contributed by atoms with Crippen LogP contribution in [0.15, 0.2) is 28.9 Å². The van der Waals surface area contributed by atoms with Crippen molar-refractivity contribution < 1.29 is 0 Å². The molecular weight excluding hydrogens is 302 g/mol. The Hall–Kier alpha value is -1.42. The lowest BCUT2D eigenvalue weighted by molar-refractivity contribution is 0.954. The molecule has 2 rings (SSSR count). The average molecular weight is 320 g/mol. The van der Waals surface area contributed by atoms with Crippen LogP contribution in [0.2, 0.25) is 0 Å². The average Bonchev–Trinajstić information content (AvgIpc) is 2.38. The highest BCUT2D eigenvalue weighted by molar-refractivity contribution is 9.10. The lowest BCUT2D eigenvalue weighted by Crippen LogP contribution is -2.05. The van der Waals surface area contributed by atoms with Gasteiger partial charge in [0.25, 0.3) is 0 Å². The molecule has 4 heteroatoms. The maximum atomic E-state index is 4.54. The smallest absolute Gasteiger partial charge is 0.144 e. The highest BCUT2D eigenvalue weighted by Crippen LogP contribution is 2.19. The third-order valence-corrected chi connectivity index (χ3v) is 3.65. The van der Waals surface area contributed by atoms with Crippen LogP contribution in [0.4, 0.5) is 5.82 Å². The molecule has 1 N–H and O–H groups in total. The number of anilines is 1. The first-order valence-electron chi connectivity index (χ1n) is 6.41. The van der Waals surface area contributed by atoms with E-state index >= 15 is 0 Å². The Morgan fingerprint density at radius 2 is 2.00 bits per heavy atom. The number of hydrogen-bond acceptors (Lipinski definition) is 3. The molecule has 0 aliphatic carbocycles. The number of nitrogens with zero attached hydrogens (tertiary/aromatic N) is 2. The summed E-state index contributed by atoms with van der Waals surface area (Å²) in [4.78, 5) is 8.91. The first kappa shape index (κ1) is 14.0. The number of hydrogen-bond donors (Lipinski definition) is 1. The van der Waals surface area contributed by atoms with Crippen molar-refractivity contribution in [2.24, 2.45) is 0 Å². The third kappa shape index (κ3) is 3.53. The Morgan fingerprint density at radius 1 is 1.21 bits per heavy atom. The number of aryl methyl sites for hydroxylation is 2. The zero-order valence-corrected chi connectivity index (χ0v) is 13.1. The summed E-state index contributed by atoms with van der Waals surface area (Å²) in [6.45, 7) is 7.15. The Labute approximate surface area is 122 Å². The van der Waals surface area contributed by atoms with E-state index in [1.54, 1.807) is 6.20 Å². The van der Waals surface area contributed by atoms with Gasteiger partial charge in [0.1, 0.15) is 11.6 Å². The number of aromatic nitrogens is 2. The predicted octanol–water partition coefficient (Wildman–Crippen LogP) is 3.88. The maximum absolute atomic E-state index is 4.54. The maximum Gasteiger partial charge on any atom is 0.144 e. The summed E-state index contributed by atoms with van der Waals surface area (Å²) in [6.07, 6.45) is 2.56. The van der Waals surface area contributed by atoms with E-state index in [0.717, 1.165) is 29.1 Å². The Kier molecular flexibility index (Phi) is 4.53. The van der Waals surface area contributed by atoms with E-state index < -0.39 is 0 Å². The summed E-state index contributed by atoms with van der Waals surface area (Å²) in [5.41, 5.74) is 3.86. The van der Waals surface area contributed by atoms with E-state index in [4.69, 9.17) is 0 Å². The van der Waals surface area contributed by atoms with Gasteiger partial charge in [-0.15, -0.1) is 0 Å². The van der Waals surface area contributed by atoms with Gasteiger partial charge in [0.15, 0.2) is 0 Å². The standard InChI is InChI=1S/C15H18BrN3/c1-4-17-15-13(16)9-18-14(19-15)8-12-6-5-10(2)11(3)7-12/h5-7,9H,4,8H2,1-3H3,(H,17,18,19).